The third kappa shape index (κ3) is 5.94. The van der Waals surface area contributed by atoms with Crippen LogP contribution in [0.2, 0.25) is 5.02 Å². The Kier molecular flexibility index (Phi) is 8.78. The minimum atomic E-state index is -1.04. The number of carboxylic acids is 1. The number of fused-ring (bicyclic) bond motifs is 2. The summed E-state index contributed by atoms with van der Waals surface area (Å²) in [6, 6.07) is 22.3. The maximum Gasteiger partial charge on any atom is 0.335 e. The van der Waals surface area contributed by atoms with Gasteiger partial charge in [-0.1, -0.05) is 41.9 Å². The van der Waals surface area contributed by atoms with Gasteiger partial charge in [0.1, 0.15) is 23.0 Å². The molecule has 10 nitrogen and oxygen atoms in total. The summed E-state index contributed by atoms with van der Waals surface area (Å²) in [4.78, 5) is 29.9. The van der Waals surface area contributed by atoms with Crippen molar-refractivity contribution in [2.24, 2.45) is 5.10 Å². The molecular formula is C34H25BrClN3O7. The van der Waals surface area contributed by atoms with E-state index in [0.717, 1.165) is 5.39 Å². The fourth-order valence-corrected chi connectivity index (χ4v) is 5.53. The second kappa shape index (κ2) is 13.1. The Bertz CT molecular complexity index is 2210. The molecule has 0 saturated heterocycles. The normalized spacial score (nSPS) is 11.4. The van der Waals surface area contributed by atoms with Crippen LogP contribution in [0.15, 0.2) is 97.6 Å². The molecule has 0 radical (unpaired) electrons. The Labute approximate surface area is 275 Å². The average molecular weight is 703 g/mol. The van der Waals surface area contributed by atoms with Gasteiger partial charge >= 0.3 is 5.97 Å². The van der Waals surface area contributed by atoms with Crippen molar-refractivity contribution in [3.05, 3.63) is 115 Å². The Balaban J connectivity index is 1.42. The van der Waals surface area contributed by atoms with Gasteiger partial charge in [0.15, 0.2) is 17.3 Å². The second-order valence-corrected chi connectivity index (χ2v) is 11.1. The molecule has 0 fully saturated rings. The van der Waals surface area contributed by atoms with Crippen molar-refractivity contribution in [3.63, 3.8) is 0 Å². The number of methoxy groups -OCH3 is 1. The Morgan fingerprint density at radius 1 is 1.04 bits per heavy atom. The van der Waals surface area contributed by atoms with Crippen LogP contribution in [0.1, 0.15) is 28.4 Å². The zero-order valence-corrected chi connectivity index (χ0v) is 26.8. The van der Waals surface area contributed by atoms with Gasteiger partial charge in [-0.2, -0.15) is 9.78 Å². The van der Waals surface area contributed by atoms with Gasteiger partial charge in [-0.05, 0) is 76.9 Å². The molecule has 6 aromatic rings. The second-order valence-electron chi connectivity index (χ2n) is 9.95. The molecule has 0 spiro atoms. The fourth-order valence-electron chi connectivity index (χ4n) is 4.88. The summed E-state index contributed by atoms with van der Waals surface area (Å²) in [5.74, 6) is 0.681. The first-order valence-corrected chi connectivity index (χ1v) is 15.2. The topological polar surface area (TPSA) is 125 Å². The number of ether oxygens (including phenoxy) is 3. The summed E-state index contributed by atoms with van der Waals surface area (Å²) in [6.45, 7) is 2.18. The highest BCUT2D eigenvalue weighted by atomic mass is 79.9. The predicted octanol–water partition coefficient (Wildman–Crippen LogP) is 7.79. The number of carbonyl (C=O) groups is 1. The van der Waals surface area contributed by atoms with Crippen LogP contribution >= 0.6 is 27.5 Å². The molecule has 12 heteroatoms. The zero-order chi connectivity index (χ0) is 32.4. The number of benzene rings is 4. The predicted molar refractivity (Wildman–Crippen MR) is 179 cm³/mol. The van der Waals surface area contributed by atoms with Gasteiger partial charge in [0.25, 0.3) is 5.56 Å². The molecule has 0 aliphatic rings. The first-order chi connectivity index (χ1) is 22.3. The van der Waals surface area contributed by atoms with Crippen molar-refractivity contribution in [1.29, 1.82) is 0 Å². The molecule has 0 saturated carbocycles. The number of furan rings is 1. The largest absolute Gasteiger partial charge is 0.496 e. The highest BCUT2D eigenvalue weighted by Crippen LogP contribution is 2.43. The van der Waals surface area contributed by atoms with E-state index in [0.29, 0.717) is 56.0 Å². The summed E-state index contributed by atoms with van der Waals surface area (Å²) in [5.41, 5.74) is 1.92. The van der Waals surface area contributed by atoms with E-state index in [1.807, 2.05) is 19.1 Å². The van der Waals surface area contributed by atoms with Crippen molar-refractivity contribution < 1.29 is 28.5 Å². The Morgan fingerprint density at radius 2 is 1.85 bits per heavy atom. The van der Waals surface area contributed by atoms with E-state index in [9.17, 15) is 14.7 Å². The summed E-state index contributed by atoms with van der Waals surface area (Å²) in [5, 5.41) is 15.2. The van der Waals surface area contributed by atoms with Crippen LogP contribution in [-0.2, 0) is 6.61 Å². The number of hydrogen-bond donors (Lipinski definition) is 1. The minimum Gasteiger partial charge on any atom is -0.496 e. The molecule has 0 atom stereocenters. The van der Waals surface area contributed by atoms with Gasteiger partial charge in [0.05, 0.1) is 41.8 Å². The highest BCUT2D eigenvalue weighted by Gasteiger charge is 2.20. The van der Waals surface area contributed by atoms with Crippen molar-refractivity contribution in [3.8, 4) is 28.8 Å². The maximum atomic E-state index is 13.8. The highest BCUT2D eigenvalue weighted by molar-refractivity contribution is 9.10. The van der Waals surface area contributed by atoms with E-state index >= 15 is 0 Å². The van der Waals surface area contributed by atoms with Crippen molar-refractivity contribution in [2.75, 3.05) is 13.7 Å². The smallest absolute Gasteiger partial charge is 0.335 e. The third-order valence-electron chi connectivity index (χ3n) is 7.04. The molecule has 0 aliphatic heterocycles. The monoisotopic (exact) mass is 701 g/mol. The first-order valence-electron chi connectivity index (χ1n) is 14.0. The van der Waals surface area contributed by atoms with Crippen LogP contribution in [0.5, 0.6) is 17.2 Å². The Hall–Kier alpha value is -5.13. The molecule has 2 heterocycles. The zero-order valence-electron chi connectivity index (χ0n) is 24.5. The van der Waals surface area contributed by atoms with Crippen LogP contribution in [-0.4, -0.2) is 40.7 Å². The number of para-hydroxylation sites is 1. The molecule has 0 amide bonds. The van der Waals surface area contributed by atoms with E-state index < -0.39 is 11.5 Å². The summed E-state index contributed by atoms with van der Waals surface area (Å²) >= 11 is 10.3. The number of halogens is 2. The van der Waals surface area contributed by atoms with Crippen molar-refractivity contribution in [2.45, 2.75) is 13.5 Å². The van der Waals surface area contributed by atoms with Gasteiger partial charge in [-0.3, -0.25) is 4.79 Å². The number of rotatable bonds is 10. The maximum absolute atomic E-state index is 13.8. The molecular weight excluding hydrogens is 678 g/mol. The van der Waals surface area contributed by atoms with E-state index in [1.54, 1.807) is 61.7 Å². The van der Waals surface area contributed by atoms with Crippen molar-refractivity contribution >= 4 is 61.6 Å². The van der Waals surface area contributed by atoms with Gasteiger partial charge < -0.3 is 23.7 Å². The molecule has 6 rings (SSSR count). The van der Waals surface area contributed by atoms with Crippen molar-refractivity contribution in [1.82, 2.24) is 9.66 Å². The van der Waals surface area contributed by atoms with Crippen LogP contribution in [0.4, 0.5) is 0 Å². The van der Waals surface area contributed by atoms with E-state index in [-0.39, 0.29) is 28.8 Å². The number of hydrogen-bond acceptors (Lipinski definition) is 8. The van der Waals surface area contributed by atoms with Gasteiger partial charge in [0, 0.05) is 10.0 Å². The fraction of sp³-hybridized carbons (Fsp3) is 0.118. The molecule has 46 heavy (non-hydrogen) atoms. The lowest BCUT2D eigenvalue weighted by Crippen LogP contribution is -2.20. The molecule has 0 unspecified atom stereocenters. The third-order valence-corrected chi connectivity index (χ3v) is 8.48. The Morgan fingerprint density at radius 3 is 2.63 bits per heavy atom. The number of nitrogens with zero attached hydrogens (tertiary/aromatic N) is 3. The van der Waals surface area contributed by atoms with Gasteiger partial charge in [-0.25, -0.2) is 9.78 Å². The average Bonchev–Trinajstić information content (AvgIpc) is 3.51. The number of aromatic nitrogens is 2. The SMILES string of the molecule is CCOc1cc(C=Nn2c(-c3cc4c(OC)cccc4o3)nc3ccccc3c2=O)c(Br)c(Cl)c1OCc1cccc(C(=O)O)c1. The molecule has 0 aliphatic carbocycles. The van der Waals surface area contributed by atoms with E-state index in [2.05, 4.69) is 21.0 Å². The lowest BCUT2D eigenvalue weighted by molar-refractivity contribution is 0.0696. The molecule has 4 aromatic carbocycles. The molecule has 2 aromatic heterocycles. The lowest BCUT2D eigenvalue weighted by Gasteiger charge is -2.16. The van der Waals surface area contributed by atoms with Crippen LogP contribution in [0.25, 0.3) is 33.5 Å². The van der Waals surface area contributed by atoms with Crippen LogP contribution < -0.4 is 19.8 Å². The summed E-state index contributed by atoms with van der Waals surface area (Å²) < 4.78 is 25.1. The standard InChI is InChI=1S/C34H25BrClN3O7/c1-3-44-27-15-21(29(35)30(36)31(27)45-18-19-8-6-9-20(14-19)34(41)42)17-37-39-32(38-24-11-5-4-10-22(24)33(39)40)28-16-23-25(43-2)12-7-13-26(23)46-28/h4-17H,3,18H2,1-2H3,(H,41,42). The summed E-state index contributed by atoms with van der Waals surface area (Å²) in [6.07, 6.45) is 1.46. The summed E-state index contributed by atoms with van der Waals surface area (Å²) in [7, 11) is 1.57. The first kappa shape index (κ1) is 30.9. The molecule has 1 N–H and O–H groups in total. The number of carboxylic acid groups (broad SMARTS) is 1. The quantitative estimate of drug-likeness (QED) is 0.144. The van der Waals surface area contributed by atoms with Gasteiger partial charge in [0.2, 0.25) is 5.82 Å². The van der Waals surface area contributed by atoms with Crippen LogP contribution in [0.3, 0.4) is 0 Å². The van der Waals surface area contributed by atoms with E-state index in [1.165, 1.54) is 23.0 Å². The molecule has 232 valence electrons. The molecule has 0 bridgehead atoms. The van der Waals surface area contributed by atoms with Gasteiger partial charge in [-0.15, -0.1) is 0 Å². The minimum absolute atomic E-state index is 0.0462. The van der Waals surface area contributed by atoms with Crippen LogP contribution in [0, 0.1) is 0 Å². The van der Waals surface area contributed by atoms with E-state index in [4.69, 9.17) is 35.2 Å². The lowest BCUT2D eigenvalue weighted by atomic mass is 10.1. The number of aromatic carboxylic acids is 1.